The molecule has 13 aromatic carbocycles. The third-order valence-corrected chi connectivity index (χ3v) is 21.5. The SMILES string of the molecule is [2H]c1c([2H])c([2H])c2c(c1[2H])c1c([2H])c([2H])c([2H])c([2H])c1n2-c1ccc2c(c1)N(c1c(-c3cccc(C([2H])([2H])C(C)(C)C)c3)cc(CC(C)(C)C)cc1-c1cccc(C([2H])([2H])C(C)(C)C)c1)c1cc(C(C)(C)C)cc3c1B2c1ccc(-n2c4c([2H])c([2H])c([2H])c([2H])c4c4c([2H])c([2H])c([2H])c([2H])c42)cc1N3c1c(-c2cccc(C([2H])([2H])C(C)(C)C)c2)cc(CC(C)(C)C)cc1-c1cccc(C([2H])([2H])C(C)(C)C)c1. The second kappa shape index (κ2) is 29.0. The summed E-state index contributed by atoms with van der Waals surface area (Å²) in [6.45, 7) is 40.4. The summed E-state index contributed by atoms with van der Waals surface area (Å²) in [6, 6.07) is 44.6. The lowest BCUT2D eigenvalue weighted by Crippen LogP contribution is -2.61. The number of anilines is 6. The van der Waals surface area contributed by atoms with Gasteiger partial charge in [-0.1, -0.05) is 327 Å². The number of rotatable bonds is 14. The summed E-state index contributed by atoms with van der Waals surface area (Å²) in [5.74, 6) is 0. The van der Waals surface area contributed by atoms with Crippen LogP contribution in [0.1, 0.15) is 217 Å². The van der Waals surface area contributed by atoms with Crippen LogP contribution >= 0.6 is 0 Å². The van der Waals surface area contributed by atoms with E-state index in [1.807, 2.05) is 180 Å². The molecule has 15 aromatic rings. The third-order valence-electron chi connectivity index (χ3n) is 21.5. The smallest absolute Gasteiger partial charge is 0.252 e. The lowest BCUT2D eigenvalue weighted by atomic mass is 9.33. The average molecular weight is 1560 g/mol. The highest BCUT2D eigenvalue weighted by molar-refractivity contribution is 7.00. The molecule has 117 heavy (non-hydrogen) atoms. The van der Waals surface area contributed by atoms with Gasteiger partial charge in [0.1, 0.15) is 0 Å². The summed E-state index contributed by atoms with van der Waals surface area (Å²) in [5.41, 5.74) is 7.17. The maximum atomic E-state index is 10.1. The minimum absolute atomic E-state index is 0.156. The molecule has 0 saturated heterocycles. The summed E-state index contributed by atoms with van der Waals surface area (Å²) >= 11 is 0. The van der Waals surface area contributed by atoms with Gasteiger partial charge < -0.3 is 18.9 Å². The first kappa shape index (κ1) is 54.9. The first-order valence-electron chi connectivity index (χ1n) is 52.9. The van der Waals surface area contributed by atoms with Gasteiger partial charge in [0.05, 0.1) is 55.4 Å². The molecule has 0 aliphatic carbocycles. The fourth-order valence-corrected chi connectivity index (χ4v) is 17.5. The van der Waals surface area contributed by atoms with Crippen molar-refractivity contribution in [3.63, 3.8) is 0 Å². The summed E-state index contributed by atoms with van der Waals surface area (Å²) in [4.78, 5) is 4.37. The minimum atomic E-state index is -1.98. The zero-order valence-electron chi connectivity index (χ0n) is 95.4. The minimum Gasteiger partial charge on any atom is -0.310 e. The number of hydrogen-bond acceptors (Lipinski definition) is 2. The number of fused-ring (bicyclic) bond motifs is 10. The fraction of sp³-hybridized carbons (Fsp3) is 0.304. The van der Waals surface area contributed by atoms with E-state index in [2.05, 4.69) is 109 Å². The van der Waals surface area contributed by atoms with Crippen molar-refractivity contribution in [1.82, 2.24) is 9.13 Å². The molecule has 4 nitrogen and oxygen atoms in total. The number of aromatic nitrogens is 2. The second-order valence-corrected chi connectivity index (χ2v) is 39.7. The van der Waals surface area contributed by atoms with Crippen LogP contribution in [0.5, 0.6) is 0 Å². The van der Waals surface area contributed by atoms with Crippen molar-refractivity contribution < 1.29 is 32.9 Å². The van der Waals surface area contributed by atoms with Gasteiger partial charge in [0, 0.05) is 88.9 Å². The van der Waals surface area contributed by atoms with Gasteiger partial charge in [0.2, 0.25) is 0 Å². The van der Waals surface area contributed by atoms with Gasteiger partial charge in [-0.05, 0) is 239 Å². The molecule has 2 aliphatic heterocycles. The Bertz CT molecular complexity index is 7040. The van der Waals surface area contributed by atoms with Gasteiger partial charge in [0.25, 0.3) is 6.71 Å². The summed E-state index contributed by atoms with van der Waals surface area (Å²) in [6.07, 6.45) is -6.99. The van der Waals surface area contributed by atoms with Gasteiger partial charge in [-0.15, -0.1) is 0 Å². The maximum absolute atomic E-state index is 10.1. The predicted molar refractivity (Wildman–Crippen MR) is 509 cm³/mol. The summed E-state index contributed by atoms with van der Waals surface area (Å²) < 4.78 is 239. The van der Waals surface area contributed by atoms with Gasteiger partial charge in [-0.3, -0.25) is 0 Å². The van der Waals surface area contributed by atoms with Crippen LogP contribution in [0.4, 0.5) is 34.1 Å². The van der Waals surface area contributed by atoms with Crippen molar-refractivity contribution in [2.45, 2.75) is 189 Å². The van der Waals surface area contributed by atoms with Crippen molar-refractivity contribution >= 4 is 101 Å². The molecular weight excluding hydrogens is 1410 g/mol. The Morgan fingerprint density at radius 1 is 0.291 bits per heavy atom. The zero-order chi connectivity index (χ0) is 103. The van der Waals surface area contributed by atoms with Crippen LogP contribution in [0.15, 0.2) is 267 Å². The van der Waals surface area contributed by atoms with Crippen LogP contribution in [0.25, 0.3) is 99.5 Å². The van der Waals surface area contributed by atoms with Gasteiger partial charge in [0.15, 0.2) is 0 Å². The molecule has 2 aliphatic rings. The molecule has 5 heteroatoms. The van der Waals surface area contributed by atoms with Crippen LogP contribution in [0.3, 0.4) is 0 Å². The van der Waals surface area contributed by atoms with E-state index in [0.717, 1.165) is 16.7 Å². The second-order valence-electron chi connectivity index (χ2n) is 39.7. The quantitative estimate of drug-likeness (QED) is 0.101. The van der Waals surface area contributed by atoms with Gasteiger partial charge in [-0.25, -0.2) is 0 Å². The Morgan fingerprint density at radius 2 is 0.573 bits per heavy atom. The number of nitrogens with zero attached hydrogens (tertiary/aromatic N) is 4. The van der Waals surface area contributed by atoms with Crippen LogP contribution in [0.2, 0.25) is 0 Å². The van der Waals surface area contributed by atoms with Crippen molar-refractivity contribution in [3.05, 3.63) is 305 Å². The lowest BCUT2D eigenvalue weighted by molar-refractivity contribution is 0.410. The summed E-state index contributed by atoms with van der Waals surface area (Å²) in [5, 5.41) is -0.658. The highest BCUT2D eigenvalue weighted by atomic mass is 15.2. The highest BCUT2D eigenvalue weighted by Crippen LogP contribution is 2.56. The van der Waals surface area contributed by atoms with Crippen LogP contribution in [-0.2, 0) is 43.7 Å². The standard InChI is InChI=1S/C112H119BN4/c1-106(2,3)66-72-34-30-38-78(54-72)89-58-76(70-110(13,14)15)59-90(79-39-31-35-73(55-79)67-107(4,5)6)104(89)116-99-64-83(114-95-46-26-22-42-85(95)86-43-23-27-47-96(86)114)50-52-93(99)113-94-53-51-84(115-97-48-28-24-44-87(97)88-45-25-29-49-98(88)115)65-100(94)117(102-63-82(112(19,20)21)62-101(116)103(102)113)105-91(80-40-32-36-74(56-80)68-108(7,8)9)60-77(71-111(16,17)18)61-92(105)81-41-33-37-75(57-81)69-109(10,11)12/h22-65H,66-71H2,1-21H3/i22D,23D,24D,25D,26D,27D,28D,29D,42D,43D,44D,45D,46D,47D,48D,49D,66D2,67D2,68D2,69D2. The third kappa shape index (κ3) is 15.7. The maximum Gasteiger partial charge on any atom is 0.252 e. The Morgan fingerprint density at radius 3 is 0.838 bits per heavy atom. The molecule has 0 unspecified atom stereocenters. The normalized spacial score (nSPS) is 16.9. The van der Waals surface area contributed by atoms with Gasteiger partial charge in [-0.2, -0.15) is 0 Å². The number of hydrogen-bond donors (Lipinski definition) is 0. The van der Waals surface area contributed by atoms with E-state index >= 15 is 0 Å². The van der Waals surface area contributed by atoms with E-state index in [-0.39, 0.29) is 55.0 Å². The van der Waals surface area contributed by atoms with Gasteiger partial charge >= 0.3 is 0 Å². The van der Waals surface area contributed by atoms with Crippen LogP contribution in [0, 0.1) is 32.5 Å². The molecule has 590 valence electrons. The largest absolute Gasteiger partial charge is 0.310 e. The average Bonchev–Trinajstić information content (AvgIpc) is 0.852. The van der Waals surface area contributed by atoms with E-state index in [0.29, 0.717) is 130 Å². The zero-order valence-corrected chi connectivity index (χ0v) is 71.4. The fourth-order valence-electron chi connectivity index (χ4n) is 17.5. The summed E-state index contributed by atoms with van der Waals surface area (Å²) in [7, 11) is 0. The molecule has 0 spiro atoms. The Labute approximate surface area is 732 Å². The molecule has 0 amide bonds. The monoisotopic (exact) mass is 1560 g/mol. The molecule has 0 N–H and O–H groups in total. The molecular formula is C112H119BN4. The molecule has 2 aromatic heterocycles. The Kier molecular flexibility index (Phi) is 13.6. The first-order valence-corrected chi connectivity index (χ1v) is 40.9. The Hall–Kier alpha value is -10.9. The number of para-hydroxylation sites is 4. The first-order chi connectivity index (χ1) is 65.1. The van der Waals surface area contributed by atoms with Crippen molar-refractivity contribution in [2.24, 2.45) is 32.5 Å². The van der Waals surface area contributed by atoms with Crippen LogP contribution in [-0.4, -0.2) is 15.8 Å². The molecule has 4 heterocycles. The topological polar surface area (TPSA) is 16.3 Å². The molecule has 17 rings (SSSR count). The highest BCUT2D eigenvalue weighted by Gasteiger charge is 2.47. The molecule has 0 atom stereocenters. The predicted octanol–water partition coefficient (Wildman–Crippen LogP) is 29.5. The van der Waals surface area contributed by atoms with E-state index in [1.54, 1.807) is 36.4 Å². The molecule has 0 fully saturated rings. The molecule has 0 radical (unpaired) electrons. The molecule has 0 bridgehead atoms. The lowest BCUT2D eigenvalue weighted by Gasteiger charge is -2.46. The number of benzene rings is 13. The van der Waals surface area contributed by atoms with Crippen molar-refractivity contribution in [1.29, 1.82) is 0 Å². The van der Waals surface area contributed by atoms with Crippen molar-refractivity contribution in [2.75, 3.05) is 9.80 Å². The van der Waals surface area contributed by atoms with E-state index in [1.165, 1.54) is 9.13 Å². The van der Waals surface area contributed by atoms with Crippen LogP contribution < -0.4 is 26.2 Å². The Balaban J connectivity index is 1.16. The van der Waals surface area contributed by atoms with Crippen molar-refractivity contribution in [3.8, 4) is 55.9 Å². The molecule has 0 saturated carbocycles. The van der Waals surface area contributed by atoms with E-state index in [9.17, 15) is 32.9 Å². The van der Waals surface area contributed by atoms with E-state index in [4.69, 9.17) is 0 Å². The van der Waals surface area contributed by atoms with E-state index < -0.39 is 167 Å².